The van der Waals surface area contributed by atoms with E-state index in [0.29, 0.717) is 22.1 Å². The molecule has 0 aliphatic carbocycles. The molecule has 0 unspecified atom stereocenters. The van der Waals surface area contributed by atoms with Crippen LogP contribution in [0.3, 0.4) is 0 Å². The van der Waals surface area contributed by atoms with E-state index < -0.39 is 16.4 Å². The molecule has 2 saturated heterocycles. The molecule has 1 aromatic carbocycles. The predicted octanol–water partition coefficient (Wildman–Crippen LogP) is 6.98. The molecule has 0 radical (unpaired) electrons. The molecule has 6 heteroatoms. The molecule has 2 aliphatic rings. The second kappa shape index (κ2) is 10.3. The largest absolute Gasteiger partial charge is 0.414 e. The summed E-state index contributed by atoms with van der Waals surface area (Å²) in [7, 11) is -3.53. The Bertz CT molecular complexity index is 699. The standard InChI is InChI=1S/C25H44O2S2Si2/c1-19-21(17-23-28-15-12-16-29-23)27-22(18-26-31(7,8)25(2,3)4)24(19)30(5,6)20-13-10-9-11-14-20/h9-11,13-14,19,21-24H,12,15-18H2,1-8H3/t19-,21-,22-,24+/m0/s1. The smallest absolute Gasteiger partial charge is 0.192 e. The van der Waals surface area contributed by atoms with Crippen molar-refractivity contribution in [3.05, 3.63) is 30.3 Å². The highest BCUT2D eigenvalue weighted by Gasteiger charge is 2.52. The Morgan fingerprint density at radius 1 is 1.00 bits per heavy atom. The fourth-order valence-electron chi connectivity index (χ4n) is 4.97. The third kappa shape index (κ3) is 6.04. The van der Waals surface area contributed by atoms with Gasteiger partial charge in [-0.25, -0.2) is 0 Å². The maximum atomic E-state index is 6.91. The first-order chi connectivity index (χ1) is 14.4. The molecule has 176 valence electrons. The number of benzene rings is 1. The van der Waals surface area contributed by atoms with Crippen molar-refractivity contribution in [1.82, 2.24) is 0 Å². The summed E-state index contributed by atoms with van der Waals surface area (Å²) < 4.78 is 14.4. The summed E-state index contributed by atoms with van der Waals surface area (Å²) in [5.74, 6) is 3.20. The normalized spacial score (nSPS) is 28.8. The van der Waals surface area contributed by atoms with E-state index in [0.717, 1.165) is 6.61 Å². The Kier molecular flexibility index (Phi) is 8.57. The number of ether oxygens (including phenoxy) is 1. The first-order valence-corrected chi connectivity index (χ1v) is 20.1. The Balaban J connectivity index is 1.82. The fourth-order valence-corrected chi connectivity index (χ4v) is 13.0. The third-order valence-corrected chi connectivity index (χ3v) is 19.9. The van der Waals surface area contributed by atoms with E-state index in [1.807, 2.05) is 0 Å². The zero-order chi connectivity index (χ0) is 22.9. The lowest BCUT2D eigenvalue weighted by Crippen LogP contribution is -2.52. The Morgan fingerprint density at radius 2 is 1.61 bits per heavy atom. The maximum Gasteiger partial charge on any atom is 0.192 e. The van der Waals surface area contributed by atoms with E-state index in [2.05, 4.69) is 108 Å². The quantitative estimate of drug-likeness (QED) is 0.379. The van der Waals surface area contributed by atoms with Crippen molar-refractivity contribution in [2.24, 2.45) is 5.92 Å². The molecule has 3 rings (SSSR count). The molecule has 31 heavy (non-hydrogen) atoms. The number of rotatable bonds is 7. The monoisotopic (exact) mass is 496 g/mol. The molecule has 2 aliphatic heterocycles. The second-order valence-corrected chi connectivity index (χ2v) is 23.9. The Labute approximate surface area is 202 Å². The van der Waals surface area contributed by atoms with Gasteiger partial charge in [0.1, 0.15) is 0 Å². The van der Waals surface area contributed by atoms with Crippen molar-refractivity contribution in [3.63, 3.8) is 0 Å². The van der Waals surface area contributed by atoms with Gasteiger partial charge in [-0.15, -0.1) is 23.5 Å². The fraction of sp³-hybridized carbons (Fsp3) is 0.760. The molecule has 4 atom stereocenters. The van der Waals surface area contributed by atoms with Gasteiger partial charge in [-0.3, -0.25) is 0 Å². The topological polar surface area (TPSA) is 18.5 Å². The van der Waals surface area contributed by atoms with Crippen LogP contribution in [-0.4, -0.2) is 51.3 Å². The van der Waals surface area contributed by atoms with Gasteiger partial charge in [-0.05, 0) is 53.9 Å². The molecule has 2 heterocycles. The second-order valence-electron chi connectivity index (χ2n) is 11.5. The van der Waals surface area contributed by atoms with Gasteiger partial charge < -0.3 is 9.16 Å². The highest BCUT2D eigenvalue weighted by Crippen LogP contribution is 2.48. The summed E-state index contributed by atoms with van der Waals surface area (Å²) in [5, 5.41) is 1.78. The molecule has 0 saturated carbocycles. The summed E-state index contributed by atoms with van der Waals surface area (Å²) >= 11 is 4.30. The minimum Gasteiger partial charge on any atom is -0.414 e. The lowest BCUT2D eigenvalue weighted by atomic mass is 9.99. The van der Waals surface area contributed by atoms with Gasteiger partial charge in [0, 0.05) is 0 Å². The van der Waals surface area contributed by atoms with Gasteiger partial charge >= 0.3 is 0 Å². The minimum atomic E-state index is -1.80. The summed E-state index contributed by atoms with van der Waals surface area (Å²) in [6.07, 6.45) is 3.11. The highest BCUT2D eigenvalue weighted by atomic mass is 32.2. The molecule has 0 N–H and O–H groups in total. The van der Waals surface area contributed by atoms with Crippen molar-refractivity contribution in [1.29, 1.82) is 0 Å². The van der Waals surface area contributed by atoms with Crippen molar-refractivity contribution in [2.75, 3.05) is 18.1 Å². The molecule has 0 bridgehead atoms. The van der Waals surface area contributed by atoms with Gasteiger partial charge in [0.15, 0.2) is 8.32 Å². The Morgan fingerprint density at radius 3 is 2.19 bits per heavy atom. The highest BCUT2D eigenvalue weighted by molar-refractivity contribution is 8.17. The van der Waals surface area contributed by atoms with E-state index in [1.54, 1.807) is 5.19 Å². The summed E-state index contributed by atoms with van der Waals surface area (Å²) in [5.41, 5.74) is 0.586. The van der Waals surface area contributed by atoms with Crippen LogP contribution < -0.4 is 5.19 Å². The molecule has 2 nitrogen and oxygen atoms in total. The number of hydrogen-bond acceptors (Lipinski definition) is 4. The molecule has 1 aromatic rings. The third-order valence-electron chi connectivity index (χ3n) is 7.99. The number of hydrogen-bond donors (Lipinski definition) is 0. The maximum absolute atomic E-state index is 6.91. The van der Waals surface area contributed by atoms with E-state index in [1.165, 1.54) is 24.3 Å². The van der Waals surface area contributed by atoms with Crippen LogP contribution in [0.2, 0.25) is 36.8 Å². The molecule has 0 aromatic heterocycles. The first-order valence-electron chi connectivity index (χ1n) is 12.0. The molecular weight excluding hydrogens is 453 g/mol. The van der Waals surface area contributed by atoms with Crippen LogP contribution in [-0.2, 0) is 9.16 Å². The van der Waals surface area contributed by atoms with Crippen molar-refractivity contribution < 1.29 is 9.16 Å². The van der Waals surface area contributed by atoms with Gasteiger partial charge in [0.05, 0.1) is 31.5 Å². The zero-order valence-electron chi connectivity index (χ0n) is 20.9. The van der Waals surface area contributed by atoms with Crippen LogP contribution >= 0.6 is 23.5 Å². The number of thioether (sulfide) groups is 2. The predicted molar refractivity (Wildman–Crippen MR) is 146 cm³/mol. The summed E-state index contributed by atoms with van der Waals surface area (Å²) in [4.78, 5) is 0. The van der Waals surface area contributed by atoms with Crippen LogP contribution in [0.25, 0.3) is 0 Å². The van der Waals surface area contributed by atoms with Crippen LogP contribution in [0, 0.1) is 5.92 Å². The van der Waals surface area contributed by atoms with Gasteiger partial charge in [0.25, 0.3) is 0 Å². The van der Waals surface area contributed by atoms with Crippen molar-refractivity contribution in [3.8, 4) is 0 Å². The van der Waals surface area contributed by atoms with E-state index in [4.69, 9.17) is 9.16 Å². The van der Waals surface area contributed by atoms with Crippen LogP contribution in [0.15, 0.2) is 30.3 Å². The lowest BCUT2D eigenvalue weighted by Gasteiger charge is -2.40. The van der Waals surface area contributed by atoms with Crippen LogP contribution in [0.5, 0.6) is 0 Å². The summed E-state index contributed by atoms with van der Waals surface area (Å²) in [6.45, 7) is 20.1. The van der Waals surface area contributed by atoms with E-state index in [-0.39, 0.29) is 11.1 Å². The average Bonchev–Trinajstić information content (AvgIpc) is 3.03. The summed E-state index contributed by atoms with van der Waals surface area (Å²) in [6, 6.07) is 11.3. The lowest BCUT2D eigenvalue weighted by molar-refractivity contribution is 0.00716. The van der Waals surface area contributed by atoms with E-state index >= 15 is 0 Å². The van der Waals surface area contributed by atoms with Crippen LogP contribution in [0.1, 0.15) is 40.5 Å². The Hall–Kier alpha value is 0.274. The molecule has 0 spiro atoms. The molecular formula is C25H44O2S2Si2. The van der Waals surface area contributed by atoms with Crippen molar-refractivity contribution in [2.45, 2.75) is 94.1 Å². The molecule has 2 fully saturated rings. The van der Waals surface area contributed by atoms with Crippen molar-refractivity contribution >= 4 is 45.1 Å². The van der Waals surface area contributed by atoms with Gasteiger partial charge in [-0.1, -0.05) is 76.3 Å². The van der Waals surface area contributed by atoms with E-state index in [9.17, 15) is 0 Å². The average molecular weight is 497 g/mol. The molecule has 0 amide bonds. The SMILES string of the molecule is C[C@@H]1[C@@H]([Si](C)(C)c2ccccc2)[C@H](CO[Si](C)(C)C(C)(C)C)O[C@H]1CC1SCCCS1. The van der Waals surface area contributed by atoms with Gasteiger partial charge in [0.2, 0.25) is 0 Å². The minimum absolute atomic E-state index is 0.217. The zero-order valence-corrected chi connectivity index (χ0v) is 24.6. The first kappa shape index (κ1) is 25.9. The van der Waals surface area contributed by atoms with Crippen LogP contribution in [0.4, 0.5) is 0 Å². The van der Waals surface area contributed by atoms with Gasteiger partial charge in [-0.2, -0.15) is 0 Å².